The van der Waals surface area contributed by atoms with Crippen LogP contribution in [0.2, 0.25) is 10.0 Å². The zero-order chi connectivity index (χ0) is 17.1. The van der Waals surface area contributed by atoms with Gasteiger partial charge in [-0.3, -0.25) is 0 Å². The molecule has 24 heavy (non-hydrogen) atoms. The van der Waals surface area contributed by atoms with Crippen LogP contribution in [0, 0.1) is 0 Å². The Labute approximate surface area is 149 Å². The monoisotopic (exact) mass is 367 g/mol. The van der Waals surface area contributed by atoms with E-state index in [0.29, 0.717) is 24.6 Å². The summed E-state index contributed by atoms with van der Waals surface area (Å²) in [5.74, 6) is 1.10. The van der Waals surface area contributed by atoms with E-state index in [-0.39, 0.29) is 21.5 Å². The van der Waals surface area contributed by atoms with Gasteiger partial charge in [0, 0.05) is 19.2 Å². The number of aromatic hydroxyl groups is 1. The Balaban J connectivity index is 1.79. The van der Waals surface area contributed by atoms with Gasteiger partial charge >= 0.3 is 6.09 Å². The fraction of sp³-hybridized carbons (Fsp3) is 0.235. The van der Waals surface area contributed by atoms with Gasteiger partial charge in [0.15, 0.2) is 5.75 Å². The molecule has 1 heterocycles. The van der Waals surface area contributed by atoms with Crippen molar-refractivity contribution in [1.29, 1.82) is 0 Å². The van der Waals surface area contributed by atoms with E-state index < -0.39 is 6.09 Å². The summed E-state index contributed by atoms with van der Waals surface area (Å²) in [7, 11) is 0. The highest BCUT2D eigenvalue weighted by Gasteiger charge is 2.21. The number of carbonyl (C=O) groups excluding carboxylic acids is 1. The molecule has 0 radical (unpaired) electrons. The molecule has 7 heteroatoms. The van der Waals surface area contributed by atoms with Crippen LogP contribution in [0.25, 0.3) is 0 Å². The second-order valence-electron chi connectivity index (χ2n) is 5.37. The number of phenols is 1. The van der Waals surface area contributed by atoms with Crippen LogP contribution in [-0.2, 0) is 0 Å². The molecule has 0 aromatic heterocycles. The van der Waals surface area contributed by atoms with E-state index in [1.165, 1.54) is 24.3 Å². The van der Waals surface area contributed by atoms with E-state index in [2.05, 4.69) is 0 Å². The molecule has 0 aliphatic carbocycles. The minimum Gasteiger partial charge on any atom is -0.508 e. The molecule has 0 bridgehead atoms. The van der Waals surface area contributed by atoms with Crippen molar-refractivity contribution in [2.75, 3.05) is 13.1 Å². The van der Waals surface area contributed by atoms with E-state index in [4.69, 9.17) is 32.7 Å². The number of halogens is 2. The molecule has 5 nitrogen and oxygen atoms in total. The average molecular weight is 368 g/mol. The molecule has 1 N–H and O–H groups in total. The molecule has 1 saturated heterocycles. The molecule has 2 aromatic rings. The number of ether oxygens (including phenoxy) is 2. The summed E-state index contributed by atoms with van der Waals surface area (Å²) in [6, 6.07) is 9.12. The Morgan fingerprint density at radius 1 is 1.00 bits per heavy atom. The van der Waals surface area contributed by atoms with Crippen molar-refractivity contribution in [3.05, 3.63) is 46.4 Å². The first-order valence-electron chi connectivity index (χ1n) is 7.45. The molecule has 2 aromatic carbocycles. The molecule has 1 aliphatic rings. The van der Waals surface area contributed by atoms with Crippen molar-refractivity contribution in [2.45, 2.75) is 12.8 Å². The summed E-state index contributed by atoms with van der Waals surface area (Å²) in [5, 5.41) is 9.81. The Kier molecular flexibility index (Phi) is 5.02. The van der Waals surface area contributed by atoms with Gasteiger partial charge in [-0.15, -0.1) is 0 Å². The van der Waals surface area contributed by atoms with Gasteiger partial charge < -0.3 is 19.5 Å². The highest BCUT2D eigenvalue weighted by molar-refractivity contribution is 6.36. The van der Waals surface area contributed by atoms with Crippen LogP contribution in [0.3, 0.4) is 0 Å². The Hall–Kier alpha value is -2.11. The van der Waals surface area contributed by atoms with Gasteiger partial charge in [0.1, 0.15) is 17.2 Å². The van der Waals surface area contributed by atoms with Gasteiger partial charge in [-0.05, 0) is 43.2 Å². The predicted octanol–water partition coefficient (Wildman–Crippen LogP) is 5.09. The van der Waals surface area contributed by atoms with Gasteiger partial charge in [-0.1, -0.05) is 23.2 Å². The Morgan fingerprint density at radius 2 is 1.62 bits per heavy atom. The quantitative estimate of drug-likeness (QED) is 0.820. The van der Waals surface area contributed by atoms with Gasteiger partial charge in [-0.2, -0.15) is 0 Å². The Bertz CT molecular complexity index is 743. The van der Waals surface area contributed by atoms with Gasteiger partial charge in [-0.25, -0.2) is 4.79 Å². The summed E-state index contributed by atoms with van der Waals surface area (Å²) < 4.78 is 11.0. The third-order valence-corrected chi connectivity index (χ3v) is 4.20. The third kappa shape index (κ3) is 3.86. The topological polar surface area (TPSA) is 59.0 Å². The van der Waals surface area contributed by atoms with Crippen LogP contribution < -0.4 is 9.47 Å². The zero-order valence-corrected chi connectivity index (χ0v) is 14.2. The second-order valence-corrected chi connectivity index (χ2v) is 6.19. The smallest absolute Gasteiger partial charge is 0.415 e. The molecular weight excluding hydrogens is 353 g/mol. The van der Waals surface area contributed by atoms with Crippen LogP contribution in [0.15, 0.2) is 36.4 Å². The number of rotatable bonds is 3. The van der Waals surface area contributed by atoms with Crippen LogP contribution in [0.4, 0.5) is 4.79 Å². The number of nitrogens with zero attached hydrogens (tertiary/aromatic N) is 1. The number of phenolic OH excluding ortho intramolecular Hbond substituents is 1. The van der Waals surface area contributed by atoms with Crippen molar-refractivity contribution in [2.24, 2.45) is 0 Å². The number of hydrogen-bond acceptors (Lipinski definition) is 4. The summed E-state index contributed by atoms with van der Waals surface area (Å²) in [6.45, 7) is 1.36. The van der Waals surface area contributed by atoms with E-state index in [0.717, 1.165) is 12.8 Å². The van der Waals surface area contributed by atoms with Crippen LogP contribution >= 0.6 is 23.2 Å². The van der Waals surface area contributed by atoms with Gasteiger partial charge in [0.25, 0.3) is 0 Å². The van der Waals surface area contributed by atoms with Crippen molar-refractivity contribution in [1.82, 2.24) is 4.90 Å². The average Bonchev–Trinajstić information content (AvgIpc) is 3.08. The highest BCUT2D eigenvalue weighted by atomic mass is 35.5. The molecule has 3 rings (SSSR count). The lowest BCUT2D eigenvalue weighted by molar-refractivity contribution is 0.162. The largest absolute Gasteiger partial charge is 0.508 e. The SMILES string of the molecule is O=C(Oc1cc(Oc2ccc(O)cc2)c(Cl)cc1Cl)N1CCCC1. The minimum atomic E-state index is -0.438. The van der Waals surface area contributed by atoms with E-state index in [1.807, 2.05) is 0 Å². The first kappa shape index (κ1) is 16.7. The first-order chi connectivity index (χ1) is 11.5. The summed E-state index contributed by atoms with van der Waals surface area (Å²) in [5.41, 5.74) is 0. The van der Waals surface area contributed by atoms with Gasteiger partial charge in [0.2, 0.25) is 0 Å². The number of amides is 1. The lowest BCUT2D eigenvalue weighted by atomic mass is 10.3. The standard InChI is InChI=1S/C17H15Cl2NO4/c18-13-9-14(19)16(24-17(22)20-7-1-2-8-20)10-15(13)23-12-5-3-11(21)4-6-12/h3-6,9-10,21H,1-2,7-8H2. The molecule has 1 aliphatic heterocycles. The summed E-state index contributed by atoms with van der Waals surface area (Å²) in [6.07, 6.45) is 1.50. The maximum Gasteiger partial charge on any atom is 0.415 e. The number of carbonyl (C=O) groups is 1. The molecule has 0 atom stereocenters. The third-order valence-electron chi connectivity index (χ3n) is 3.61. The zero-order valence-electron chi connectivity index (χ0n) is 12.7. The van der Waals surface area contributed by atoms with Crippen molar-refractivity contribution in [3.63, 3.8) is 0 Å². The number of benzene rings is 2. The lowest BCUT2D eigenvalue weighted by Gasteiger charge is -2.16. The molecule has 0 saturated carbocycles. The highest BCUT2D eigenvalue weighted by Crippen LogP contribution is 2.38. The van der Waals surface area contributed by atoms with Crippen molar-refractivity contribution in [3.8, 4) is 23.0 Å². The molecular formula is C17H15Cl2NO4. The minimum absolute atomic E-state index is 0.129. The maximum atomic E-state index is 12.1. The molecule has 1 amide bonds. The second kappa shape index (κ2) is 7.20. The van der Waals surface area contributed by atoms with E-state index in [9.17, 15) is 9.90 Å². The van der Waals surface area contributed by atoms with Crippen molar-refractivity contribution >= 4 is 29.3 Å². The number of likely N-dealkylation sites (tertiary alicyclic amines) is 1. The molecule has 1 fully saturated rings. The Morgan fingerprint density at radius 3 is 2.29 bits per heavy atom. The van der Waals surface area contributed by atoms with Crippen LogP contribution in [0.1, 0.15) is 12.8 Å². The predicted molar refractivity (Wildman–Crippen MR) is 91.5 cm³/mol. The normalized spacial score (nSPS) is 13.8. The number of hydrogen-bond donors (Lipinski definition) is 1. The first-order valence-corrected chi connectivity index (χ1v) is 8.21. The fourth-order valence-corrected chi connectivity index (χ4v) is 2.83. The summed E-state index contributed by atoms with van der Waals surface area (Å²) in [4.78, 5) is 13.7. The van der Waals surface area contributed by atoms with Crippen LogP contribution in [0.5, 0.6) is 23.0 Å². The van der Waals surface area contributed by atoms with Crippen LogP contribution in [-0.4, -0.2) is 29.2 Å². The lowest BCUT2D eigenvalue weighted by Crippen LogP contribution is -2.30. The molecule has 0 spiro atoms. The van der Waals surface area contributed by atoms with Crippen molar-refractivity contribution < 1.29 is 19.4 Å². The summed E-state index contributed by atoms with van der Waals surface area (Å²) >= 11 is 12.2. The maximum absolute atomic E-state index is 12.1. The fourth-order valence-electron chi connectivity index (χ4n) is 2.37. The van der Waals surface area contributed by atoms with E-state index >= 15 is 0 Å². The molecule has 126 valence electrons. The van der Waals surface area contributed by atoms with E-state index in [1.54, 1.807) is 17.0 Å². The van der Waals surface area contributed by atoms with Gasteiger partial charge in [0.05, 0.1) is 10.0 Å². The molecule has 0 unspecified atom stereocenters.